The van der Waals surface area contributed by atoms with E-state index in [4.69, 9.17) is 11.6 Å². The predicted molar refractivity (Wildman–Crippen MR) is 103 cm³/mol. The Balaban J connectivity index is 1.73. The molecule has 3 aromatic carbocycles. The van der Waals surface area contributed by atoms with E-state index in [1.54, 1.807) is 24.3 Å². The number of para-hydroxylation sites is 1. The molecular weight excluding hydrogens is 391 g/mol. The summed E-state index contributed by atoms with van der Waals surface area (Å²) < 4.78 is 40.6. The van der Waals surface area contributed by atoms with E-state index in [1.807, 2.05) is 0 Å². The first-order chi connectivity index (χ1) is 12.8. The van der Waals surface area contributed by atoms with Gasteiger partial charge in [-0.25, -0.2) is 12.8 Å². The zero-order valence-corrected chi connectivity index (χ0v) is 15.4. The average Bonchev–Trinajstić information content (AvgIpc) is 2.64. The molecule has 3 rings (SSSR count). The number of hydrogen-bond acceptors (Lipinski definition) is 3. The second-order valence-electron chi connectivity index (χ2n) is 5.57. The molecule has 0 heterocycles. The molecule has 3 aromatic rings. The van der Waals surface area contributed by atoms with Crippen LogP contribution in [0, 0.1) is 5.82 Å². The van der Waals surface area contributed by atoms with Gasteiger partial charge in [-0.15, -0.1) is 0 Å². The number of amides is 1. The van der Waals surface area contributed by atoms with Crippen LogP contribution >= 0.6 is 11.6 Å². The van der Waals surface area contributed by atoms with Crippen molar-refractivity contribution in [2.24, 2.45) is 0 Å². The number of rotatable bonds is 5. The van der Waals surface area contributed by atoms with Crippen LogP contribution in [0.2, 0.25) is 5.02 Å². The number of nitrogens with one attached hydrogen (secondary N) is 2. The van der Waals surface area contributed by atoms with Crippen molar-refractivity contribution in [3.63, 3.8) is 0 Å². The summed E-state index contributed by atoms with van der Waals surface area (Å²) >= 11 is 5.79. The van der Waals surface area contributed by atoms with E-state index in [0.717, 1.165) is 6.07 Å². The number of carbonyl (C=O) groups is 1. The lowest BCUT2D eigenvalue weighted by molar-refractivity contribution is 0.102. The van der Waals surface area contributed by atoms with E-state index < -0.39 is 15.8 Å². The number of sulfonamides is 1. The summed E-state index contributed by atoms with van der Waals surface area (Å²) in [5, 5.41) is 3.17. The molecule has 0 aliphatic heterocycles. The Morgan fingerprint density at radius 1 is 0.889 bits per heavy atom. The maximum atomic E-state index is 13.6. The van der Waals surface area contributed by atoms with Gasteiger partial charge < -0.3 is 5.32 Å². The molecule has 0 aromatic heterocycles. The van der Waals surface area contributed by atoms with Gasteiger partial charge in [-0.3, -0.25) is 9.52 Å². The van der Waals surface area contributed by atoms with Crippen molar-refractivity contribution < 1.29 is 17.6 Å². The molecular formula is C19H14ClFN2O3S. The second kappa shape index (κ2) is 7.77. The maximum Gasteiger partial charge on any atom is 0.261 e. The van der Waals surface area contributed by atoms with Crippen LogP contribution in [0.25, 0.3) is 0 Å². The summed E-state index contributed by atoms with van der Waals surface area (Å²) in [7, 11) is -3.96. The number of hydrogen-bond donors (Lipinski definition) is 2. The molecule has 0 radical (unpaired) electrons. The minimum absolute atomic E-state index is 0.0600. The van der Waals surface area contributed by atoms with Crippen molar-refractivity contribution in [3.8, 4) is 0 Å². The van der Waals surface area contributed by atoms with Crippen molar-refractivity contribution in [2.45, 2.75) is 4.90 Å². The molecule has 0 saturated heterocycles. The van der Waals surface area contributed by atoms with Crippen LogP contribution in [0.3, 0.4) is 0 Å². The molecule has 1 amide bonds. The van der Waals surface area contributed by atoms with Gasteiger partial charge >= 0.3 is 0 Å². The highest BCUT2D eigenvalue weighted by Crippen LogP contribution is 2.20. The maximum absolute atomic E-state index is 13.6. The Kier molecular flexibility index (Phi) is 5.43. The van der Waals surface area contributed by atoms with Gasteiger partial charge in [0.05, 0.1) is 10.6 Å². The first-order valence-corrected chi connectivity index (χ1v) is 9.65. The fraction of sp³-hybridized carbons (Fsp3) is 0. The summed E-state index contributed by atoms with van der Waals surface area (Å²) in [6.45, 7) is 0. The van der Waals surface area contributed by atoms with Gasteiger partial charge in [0.25, 0.3) is 15.9 Å². The first kappa shape index (κ1) is 18.9. The molecule has 0 bridgehead atoms. The zero-order chi connectivity index (χ0) is 19.4. The van der Waals surface area contributed by atoms with Crippen LogP contribution in [-0.2, 0) is 10.0 Å². The fourth-order valence-corrected chi connectivity index (χ4v) is 3.46. The van der Waals surface area contributed by atoms with Crippen molar-refractivity contribution in [1.29, 1.82) is 0 Å². The summed E-state index contributed by atoms with van der Waals surface area (Å²) in [6, 6.07) is 17.4. The van der Waals surface area contributed by atoms with Crippen molar-refractivity contribution >= 4 is 38.9 Å². The standard InChI is InChI=1S/C19H14ClFN2O3S/c20-14-7-5-13(6-8-14)19(24)22-15-9-11-16(12-10-15)27(25,26)23-18-4-2-1-3-17(18)21/h1-12,23H,(H,22,24). The number of benzene rings is 3. The minimum Gasteiger partial charge on any atom is -0.322 e. The molecule has 0 spiro atoms. The number of anilines is 2. The SMILES string of the molecule is O=C(Nc1ccc(S(=O)(=O)Nc2ccccc2F)cc1)c1ccc(Cl)cc1. The highest BCUT2D eigenvalue weighted by molar-refractivity contribution is 7.92. The Bertz CT molecular complexity index is 1070. The molecule has 0 atom stereocenters. The molecule has 2 N–H and O–H groups in total. The topological polar surface area (TPSA) is 75.3 Å². The van der Waals surface area contributed by atoms with Gasteiger partial charge in [0, 0.05) is 16.3 Å². The molecule has 5 nitrogen and oxygen atoms in total. The van der Waals surface area contributed by atoms with E-state index in [1.165, 1.54) is 42.5 Å². The summed E-state index contributed by atoms with van der Waals surface area (Å²) in [4.78, 5) is 12.1. The second-order valence-corrected chi connectivity index (χ2v) is 7.69. The number of halogens is 2. The van der Waals surface area contributed by atoms with Crippen molar-refractivity contribution in [2.75, 3.05) is 10.0 Å². The van der Waals surface area contributed by atoms with Crippen LogP contribution in [-0.4, -0.2) is 14.3 Å². The average molecular weight is 405 g/mol. The monoisotopic (exact) mass is 404 g/mol. The highest BCUT2D eigenvalue weighted by atomic mass is 35.5. The molecule has 0 saturated carbocycles. The molecule has 0 aliphatic rings. The lowest BCUT2D eigenvalue weighted by Crippen LogP contribution is -2.14. The van der Waals surface area contributed by atoms with Gasteiger partial charge in [-0.1, -0.05) is 23.7 Å². The Labute approximate surface area is 160 Å². The van der Waals surface area contributed by atoms with E-state index in [-0.39, 0.29) is 16.5 Å². The third-order valence-corrected chi connectivity index (χ3v) is 5.28. The normalized spacial score (nSPS) is 11.0. The first-order valence-electron chi connectivity index (χ1n) is 7.79. The Morgan fingerprint density at radius 3 is 2.15 bits per heavy atom. The predicted octanol–water partition coefficient (Wildman–Crippen LogP) is 4.53. The van der Waals surface area contributed by atoms with Crippen LogP contribution < -0.4 is 10.0 Å². The third kappa shape index (κ3) is 4.64. The molecule has 138 valence electrons. The molecule has 0 fully saturated rings. The largest absolute Gasteiger partial charge is 0.322 e. The highest BCUT2D eigenvalue weighted by Gasteiger charge is 2.16. The Morgan fingerprint density at radius 2 is 1.52 bits per heavy atom. The van der Waals surface area contributed by atoms with E-state index in [2.05, 4.69) is 10.0 Å². The third-order valence-electron chi connectivity index (χ3n) is 3.65. The summed E-state index contributed by atoms with van der Waals surface area (Å²) in [6.07, 6.45) is 0. The molecule has 8 heteroatoms. The molecule has 0 aliphatic carbocycles. The van der Waals surface area contributed by atoms with Crippen LogP contribution in [0.4, 0.5) is 15.8 Å². The van der Waals surface area contributed by atoms with Gasteiger partial charge in [-0.05, 0) is 60.7 Å². The summed E-state index contributed by atoms with van der Waals surface area (Å²) in [5.74, 6) is -1.03. The van der Waals surface area contributed by atoms with E-state index >= 15 is 0 Å². The number of carbonyl (C=O) groups excluding carboxylic acids is 1. The lowest BCUT2D eigenvalue weighted by Gasteiger charge is -2.10. The Hall–Kier alpha value is -2.90. The zero-order valence-electron chi connectivity index (χ0n) is 13.8. The van der Waals surface area contributed by atoms with Gasteiger partial charge in [0.15, 0.2) is 0 Å². The lowest BCUT2D eigenvalue weighted by atomic mass is 10.2. The fourth-order valence-electron chi connectivity index (χ4n) is 2.27. The van der Waals surface area contributed by atoms with Crippen molar-refractivity contribution in [1.82, 2.24) is 0 Å². The minimum atomic E-state index is -3.96. The summed E-state index contributed by atoms with van der Waals surface area (Å²) in [5.41, 5.74) is 0.690. The van der Waals surface area contributed by atoms with Gasteiger partial charge in [-0.2, -0.15) is 0 Å². The van der Waals surface area contributed by atoms with Crippen LogP contribution in [0.15, 0.2) is 77.7 Å². The molecule has 0 unspecified atom stereocenters. The molecule has 27 heavy (non-hydrogen) atoms. The van der Waals surface area contributed by atoms with Gasteiger partial charge in [0.1, 0.15) is 5.82 Å². The van der Waals surface area contributed by atoms with Crippen LogP contribution in [0.5, 0.6) is 0 Å². The quantitative estimate of drug-likeness (QED) is 0.655. The van der Waals surface area contributed by atoms with Gasteiger partial charge in [0.2, 0.25) is 0 Å². The van der Waals surface area contributed by atoms with E-state index in [9.17, 15) is 17.6 Å². The van der Waals surface area contributed by atoms with Crippen molar-refractivity contribution in [3.05, 3.63) is 89.2 Å². The van der Waals surface area contributed by atoms with Crippen LogP contribution in [0.1, 0.15) is 10.4 Å². The smallest absolute Gasteiger partial charge is 0.261 e. The van der Waals surface area contributed by atoms with E-state index in [0.29, 0.717) is 16.3 Å².